The first-order valence-corrected chi connectivity index (χ1v) is 9.84. The Morgan fingerprint density at radius 1 is 1.21 bits per heavy atom. The summed E-state index contributed by atoms with van der Waals surface area (Å²) in [5, 5.41) is 2.82. The Balaban J connectivity index is 2.90. The number of nitrogens with zero attached hydrogens (tertiary/aromatic N) is 1. The molecule has 1 N–H and O–H groups in total. The summed E-state index contributed by atoms with van der Waals surface area (Å²) in [6.07, 6.45) is 1.15. The van der Waals surface area contributed by atoms with E-state index in [4.69, 9.17) is 0 Å². The van der Waals surface area contributed by atoms with Crippen LogP contribution >= 0.6 is 0 Å². The van der Waals surface area contributed by atoms with Crippen molar-refractivity contribution in [3.05, 3.63) is 35.4 Å². The number of likely N-dealkylation sites (N-methyl/N-ethyl adjacent to an activating group) is 1. The lowest BCUT2D eigenvalue weighted by Crippen LogP contribution is -2.47. The van der Waals surface area contributed by atoms with Gasteiger partial charge in [-0.1, -0.05) is 12.1 Å². The fourth-order valence-electron chi connectivity index (χ4n) is 2.24. The molecule has 1 aromatic rings. The van der Waals surface area contributed by atoms with E-state index in [1.165, 1.54) is 4.90 Å². The van der Waals surface area contributed by atoms with Crippen molar-refractivity contribution in [3.8, 4) is 0 Å². The maximum Gasteiger partial charge on any atom is 0.254 e. The zero-order valence-corrected chi connectivity index (χ0v) is 15.7. The largest absolute Gasteiger partial charge is 0.350 e. The molecule has 0 aliphatic carbocycles. The van der Waals surface area contributed by atoms with E-state index in [0.29, 0.717) is 17.7 Å². The van der Waals surface area contributed by atoms with E-state index < -0.39 is 9.84 Å². The molecule has 0 fully saturated rings. The van der Waals surface area contributed by atoms with Gasteiger partial charge in [0.05, 0.1) is 12.3 Å². The summed E-state index contributed by atoms with van der Waals surface area (Å²) in [4.78, 5) is 26.1. The number of hydrogen-bond acceptors (Lipinski definition) is 4. The number of amides is 2. The van der Waals surface area contributed by atoms with Gasteiger partial charge in [-0.3, -0.25) is 9.59 Å². The number of benzene rings is 1. The van der Waals surface area contributed by atoms with Gasteiger partial charge in [0.25, 0.3) is 5.91 Å². The number of sulfone groups is 1. The van der Waals surface area contributed by atoms with Crippen LogP contribution in [0.5, 0.6) is 0 Å². The molecule has 6 nitrogen and oxygen atoms in total. The maximum atomic E-state index is 12.6. The minimum absolute atomic E-state index is 0.0388. The van der Waals surface area contributed by atoms with Crippen LogP contribution < -0.4 is 5.32 Å². The fraction of sp³-hybridized carbons (Fsp3) is 0.529. The third kappa shape index (κ3) is 7.12. The minimum atomic E-state index is -3.17. The summed E-state index contributed by atoms with van der Waals surface area (Å²) in [5.74, 6) is -0.646. The van der Waals surface area contributed by atoms with Crippen molar-refractivity contribution in [3.63, 3.8) is 0 Å². The number of carbonyl (C=O) groups is 2. The Labute approximate surface area is 144 Å². The molecule has 0 aliphatic heterocycles. The molecule has 2 amide bonds. The van der Waals surface area contributed by atoms with Crippen LogP contribution in [-0.2, 0) is 20.4 Å². The summed E-state index contributed by atoms with van der Waals surface area (Å²) in [5.41, 5.74) is 0.565. The molecule has 0 aromatic heterocycles. The average Bonchev–Trinajstić information content (AvgIpc) is 2.40. The van der Waals surface area contributed by atoms with E-state index >= 15 is 0 Å². The first kappa shape index (κ1) is 20.2. The predicted octanol–water partition coefficient (Wildman–Crippen LogP) is 1.61. The van der Waals surface area contributed by atoms with Crippen molar-refractivity contribution >= 4 is 21.7 Å². The fourth-order valence-corrected chi connectivity index (χ4v) is 3.02. The predicted molar refractivity (Wildman–Crippen MR) is 94.5 cm³/mol. The number of carbonyl (C=O) groups excluding carboxylic acids is 2. The summed E-state index contributed by atoms with van der Waals surface area (Å²) in [7, 11) is -3.17. The Hall–Kier alpha value is -1.89. The molecule has 0 unspecified atom stereocenters. The Morgan fingerprint density at radius 2 is 1.83 bits per heavy atom. The number of rotatable bonds is 6. The highest BCUT2D eigenvalue weighted by Gasteiger charge is 2.20. The minimum Gasteiger partial charge on any atom is -0.350 e. The van der Waals surface area contributed by atoms with Crippen molar-refractivity contribution in [2.75, 3.05) is 19.3 Å². The van der Waals surface area contributed by atoms with Gasteiger partial charge in [0.1, 0.15) is 0 Å². The molecule has 0 saturated heterocycles. The molecule has 7 heteroatoms. The zero-order valence-electron chi connectivity index (χ0n) is 14.9. The van der Waals surface area contributed by atoms with Gasteiger partial charge in [-0.05, 0) is 45.4 Å². The van der Waals surface area contributed by atoms with Crippen LogP contribution in [0.4, 0.5) is 0 Å². The molecule has 0 saturated carbocycles. The SMILES string of the molecule is CCN(CC(=O)NC(C)(C)C)C(=O)c1cccc(CS(C)(=O)=O)c1. The highest BCUT2D eigenvalue weighted by Crippen LogP contribution is 2.11. The summed E-state index contributed by atoms with van der Waals surface area (Å²) in [6, 6.07) is 6.50. The second kappa shape index (κ2) is 7.79. The third-order valence-corrected chi connectivity index (χ3v) is 3.98. The number of nitrogens with one attached hydrogen (secondary N) is 1. The molecular weight excluding hydrogens is 328 g/mol. The lowest BCUT2D eigenvalue weighted by Gasteiger charge is -2.25. The zero-order chi connectivity index (χ0) is 18.5. The van der Waals surface area contributed by atoms with Crippen molar-refractivity contribution in [1.29, 1.82) is 0 Å². The normalized spacial score (nSPS) is 11.9. The van der Waals surface area contributed by atoms with E-state index in [-0.39, 0.29) is 29.7 Å². The average molecular weight is 354 g/mol. The molecule has 0 heterocycles. The topological polar surface area (TPSA) is 83.6 Å². The maximum absolute atomic E-state index is 12.6. The molecule has 0 aliphatic rings. The Morgan fingerprint density at radius 3 is 2.33 bits per heavy atom. The molecule has 0 radical (unpaired) electrons. The molecular formula is C17H26N2O4S. The van der Waals surface area contributed by atoms with Gasteiger partial charge < -0.3 is 10.2 Å². The molecule has 134 valence electrons. The molecule has 24 heavy (non-hydrogen) atoms. The monoisotopic (exact) mass is 354 g/mol. The highest BCUT2D eigenvalue weighted by atomic mass is 32.2. The van der Waals surface area contributed by atoms with E-state index in [2.05, 4.69) is 5.32 Å². The van der Waals surface area contributed by atoms with Gasteiger partial charge in [-0.2, -0.15) is 0 Å². The van der Waals surface area contributed by atoms with Crippen LogP contribution in [0.3, 0.4) is 0 Å². The summed E-state index contributed by atoms with van der Waals surface area (Å²) in [6.45, 7) is 7.76. The van der Waals surface area contributed by atoms with Gasteiger partial charge in [-0.25, -0.2) is 8.42 Å². The van der Waals surface area contributed by atoms with Gasteiger partial charge in [-0.15, -0.1) is 0 Å². The van der Waals surface area contributed by atoms with Crippen LogP contribution in [0.25, 0.3) is 0 Å². The lowest BCUT2D eigenvalue weighted by atomic mass is 10.1. The van der Waals surface area contributed by atoms with E-state index in [0.717, 1.165) is 6.26 Å². The van der Waals surface area contributed by atoms with Crippen LogP contribution in [-0.4, -0.2) is 50.0 Å². The van der Waals surface area contributed by atoms with Gasteiger partial charge >= 0.3 is 0 Å². The van der Waals surface area contributed by atoms with Crippen molar-refractivity contribution in [2.45, 2.75) is 39.0 Å². The molecule has 0 spiro atoms. The Bertz CT molecular complexity index is 706. The van der Waals surface area contributed by atoms with Gasteiger partial charge in [0.2, 0.25) is 5.91 Å². The van der Waals surface area contributed by atoms with Crippen molar-refractivity contribution in [2.24, 2.45) is 0 Å². The van der Waals surface area contributed by atoms with Crippen molar-refractivity contribution in [1.82, 2.24) is 10.2 Å². The third-order valence-electron chi connectivity index (χ3n) is 3.12. The standard InChI is InChI=1S/C17H26N2O4S/c1-6-19(11-15(20)18-17(2,3)4)16(21)14-9-7-8-13(10-14)12-24(5,22)23/h7-10H,6,11-12H2,1-5H3,(H,18,20). The van der Waals surface area contributed by atoms with E-state index in [9.17, 15) is 18.0 Å². The first-order valence-electron chi connectivity index (χ1n) is 7.78. The van der Waals surface area contributed by atoms with Gasteiger partial charge in [0, 0.05) is 23.9 Å². The molecule has 0 bridgehead atoms. The van der Waals surface area contributed by atoms with Crippen LogP contribution in [0.15, 0.2) is 24.3 Å². The highest BCUT2D eigenvalue weighted by molar-refractivity contribution is 7.89. The van der Waals surface area contributed by atoms with Crippen molar-refractivity contribution < 1.29 is 18.0 Å². The molecule has 1 aromatic carbocycles. The quantitative estimate of drug-likeness (QED) is 0.841. The van der Waals surface area contributed by atoms with Crippen LogP contribution in [0.2, 0.25) is 0 Å². The van der Waals surface area contributed by atoms with E-state index in [1.807, 2.05) is 20.8 Å². The second-order valence-electron chi connectivity index (χ2n) is 6.89. The lowest BCUT2D eigenvalue weighted by molar-refractivity contribution is -0.123. The first-order chi connectivity index (χ1) is 10.9. The smallest absolute Gasteiger partial charge is 0.254 e. The molecule has 1 rings (SSSR count). The summed E-state index contributed by atoms with van der Waals surface area (Å²) < 4.78 is 22.8. The Kier molecular flexibility index (Phi) is 6.54. The number of hydrogen-bond donors (Lipinski definition) is 1. The van der Waals surface area contributed by atoms with E-state index in [1.54, 1.807) is 31.2 Å². The molecule has 0 atom stereocenters. The van der Waals surface area contributed by atoms with Crippen LogP contribution in [0.1, 0.15) is 43.6 Å². The van der Waals surface area contributed by atoms with Gasteiger partial charge in [0.15, 0.2) is 9.84 Å². The second-order valence-corrected chi connectivity index (χ2v) is 9.03. The summed E-state index contributed by atoms with van der Waals surface area (Å²) >= 11 is 0. The van der Waals surface area contributed by atoms with Crippen LogP contribution in [0, 0.1) is 0 Å².